The maximum Gasteiger partial charge on any atom is 0.309 e. The lowest BCUT2D eigenvalue weighted by molar-refractivity contribution is -0.146. The number of fused-ring (bicyclic) bond motifs is 2. The van der Waals surface area contributed by atoms with Crippen molar-refractivity contribution in [2.75, 3.05) is 7.11 Å². The molecule has 2 aromatic rings. The second-order valence-corrected chi connectivity index (χ2v) is 6.44. The molecule has 2 bridgehead atoms. The second kappa shape index (κ2) is 6.12. The third kappa shape index (κ3) is 2.39. The standard InChI is InChI=1S/C22H20O2/c1-24-22(23)19-14-17-12-13-18(19)21(17)20(15-8-4-2-5-9-15)16-10-6-3-7-11-16/h2-13,17-19H,14H2,1H3. The van der Waals surface area contributed by atoms with Gasteiger partial charge in [0.2, 0.25) is 0 Å². The molecule has 2 nitrogen and oxygen atoms in total. The van der Waals surface area contributed by atoms with E-state index in [0.717, 1.165) is 6.42 Å². The summed E-state index contributed by atoms with van der Waals surface area (Å²) in [5.41, 5.74) is 5.05. The van der Waals surface area contributed by atoms with E-state index in [1.54, 1.807) is 0 Å². The molecule has 2 heteroatoms. The predicted octanol–water partition coefficient (Wildman–Crippen LogP) is 4.48. The molecule has 0 amide bonds. The van der Waals surface area contributed by atoms with Gasteiger partial charge < -0.3 is 4.74 Å². The monoisotopic (exact) mass is 316 g/mol. The number of methoxy groups -OCH3 is 1. The summed E-state index contributed by atoms with van der Waals surface area (Å²) in [4.78, 5) is 12.2. The number of hydrogen-bond donors (Lipinski definition) is 0. The lowest BCUT2D eigenvalue weighted by Gasteiger charge is -2.18. The van der Waals surface area contributed by atoms with E-state index in [1.165, 1.54) is 29.4 Å². The molecule has 2 aliphatic carbocycles. The molecule has 0 radical (unpaired) electrons. The fraction of sp³-hybridized carbons (Fsp3) is 0.227. The number of hydrogen-bond acceptors (Lipinski definition) is 2. The molecule has 3 unspecified atom stereocenters. The number of ether oxygens (including phenoxy) is 1. The van der Waals surface area contributed by atoms with Gasteiger partial charge in [0.1, 0.15) is 0 Å². The highest BCUT2D eigenvalue weighted by atomic mass is 16.5. The Kier molecular flexibility index (Phi) is 3.81. The van der Waals surface area contributed by atoms with Crippen LogP contribution in [0.4, 0.5) is 0 Å². The number of carbonyl (C=O) groups is 1. The highest BCUT2D eigenvalue weighted by Crippen LogP contribution is 2.52. The maximum atomic E-state index is 12.2. The Morgan fingerprint density at radius 2 is 1.50 bits per heavy atom. The predicted molar refractivity (Wildman–Crippen MR) is 95.1 cm³/mol. The van der Waals surface area contributed by atoms with Gasteiger partial charge in [-0.05, 0) is 28.7 Å². The minimum Gasteiger partial charge on any atom is -0.469 e. The summed E-state index contributed by atoms with van der Waals surface area (Å²) in [6.07, 6.45) is 5.30. The van der Waals surface area contributed by atoms with Gasteiger partial charge in [-0.1, -0.05) is 72.8 Å². The van der Waals surface area contributed by atoms with Gasteiger partial charge in [-0.15, -0.1) is 0 Å². The van der Waals surface area contributed by atoms with Gasteiger partial charge in [0.05, 0.1) is 13.0 Å². The van der Waals surface area contributed by atoms with Gasteiger partial charge in [-0.3, -0.25) is 4.79 Å². The lowest BCUT2D eigenvalue weighted by atomic mass is 9.86. The summed E-state index contributed by atoms with van der Waals surface area (Å²) in [6.45, 7) is 0. The zero-order valence-corrected chi connectivity index (χ0v) is 13.7. The minimum atomic E-state index is -0.0928. The van der Waals surface area contributed by atoms with Gasteiger partial charge in [0, 0.05) is 11.8 Å². The van der Waals surface area contributed by atoms with Gasteiger partial charge in [-0.25, -0.2) is 0 Å². The number of esters is 1. The highest BCUT2D eigenvalue weighted by molar-refractivity contribution is 5.86. The molecule has 3 atom stereocenters. The van der Waals surface area contributed by atoms with Crippen molar-refractivity contribution >= 4 is 11.5 Å². The Morgan fingerprint density at radius 1 is 0.917 bits per heavy atom. The molecule has 0 aromatic heterocycles. The molecule has 2 aliphatic rings. The number of carbonyl (C=O) groups excluding carboxylic acids is 1. The second-order valence-electron chi connectivity index (χ2n) is 6.44. The third-order valence-electron chi connectivity index (χ3n) is 5.17. The van der Waals surface area contributed by atoms with E-state index in [4.69, 9.17) is 4.74 Å². The van der Waals surface area contributed by atoms with Gasteiger partial charge in [0.15, 0.2) is 0 Å². The van der Waals surface area contributed by atoms with E-state index in [-0.39, 0.29) is 17.8 Å². The first kappa shape index (κ1) is 14.9. The van der Waals surface area contributed by atoms with Gasteiger partial charge in [-0.2, -0.15) is 0 Å². The first-order valence-electron chi connectivity index (χ1n) is 8.40. The van der Waals surface area contributed by atoms with Crippen LogP contribution in [0.25, 0.3) is 5.57 Å². The Balaban J connectivity index is 1.88. The summed E-state index contributed by atoms with van der Waals surface area (Å²) < 4.78 is 5.03. The Morgan fingerprint density at radius 3 is 2.04 bits per heavy atom. The van der Waals surface area contributed by atoms with Crippen LogP contribution in [0.15, 0.2) is 78.4 Å². The summed E-state index contributed by atoms with van der Waals surface area (Å²) in [6, 6.07) is 21.0. The summed E-state index contributed by atoms with van der Waals surface area (Å²) in [5, 5.41) is 0. The maximum absolute atomic E-state index is 12.2. The van der Waals surface area contributed by atoms with Crippen LogP contribution in [0.3, 0.4) is 0 Å². The smallest absolute Gasteiger partial charge is 0.309 e. The molecule has 1 saturated carbocycles. The molecule has 4 rings (SSSR count). The molecule has 0 aliphatic heterocycles. The molecule has 120 valence electrons. The summed E-state index contributed by atoms with van der Waals surface area (Å²) in [7, 11) is 1.48. The van der Waals surface area contributed by atoms with Crippen LogP contribution in [-0.2, 0) is 9.53 Å². The average molecular weight is 316 g/mol. The van der Waals surface area contributed by atoms with Crippen LogP contribution >= 0.6 is 0 Å². The fourth-order valence-corrected chi connectivity index (χ4v) is 4.14. The summed E-state index contributed by atoms with van der Waals surface area (Å²) in [5.74, 6) is 0.333. The van der Waals surface area contributed by atoms with E-state index in [9.17, 15) is 4.79 Å². The van der Waals surface area contributed by atoms with E-state index in [1.807, 2.05) is 12.1 Å². The first-order valence-corrected chi connectivity index (χ1v) is 8.40. The Bertz CT molecular complexity index is 761. The normalized spacial score (nSPS) is 24.2. The van der Waals surface area contributed by atoms with Crippen molar-refractivity contribution in [1.29, 1.82) is 0 Å². The molecule has 0 N–H and O–H groups in total. The van der Waals surface area contributed by atoms with E-state index >= 15 is 0 Å². The van der Waals surface area contributed by atoms with Crippen LogP contribution in [0, 0.1) is 17.8 Å². The molecule has 0 spiro atoms. The van der Waals surface area contributed by atoms with Crippen molar-refractivity contribution in [1.82, 2.24) is 0 Å². The molecular formula is C22H20O2. The van der Waals surface area contributed by atoms with E-state index in [0.29, 0.717) is 5.92 Å². The van der Waals surface area contributed by atoms with Gasteiger partial charge >= 0.3 is 5.97 Å². The number of rotatable bonds is 3. The summed E-state index contributed by atoms with van der Waals surface area (Å²) >= 11 is 0. The zero-order valence-electron chi connectivity index (χ0n) is 13.7. The number of allylic oxidation sites excluding steroid dienone is 3. The van der Waals surface area contributed by atoms with Crippen molar-refractivity contribution in [2.45, 2.75) is 6.42 Å². The van der Waals surface area contributed by atoms with Crippen molar-refractivity contribution < 1.29 is 9.53 Å². The topological polar surface area (TPSA) is 26.3 Å². The molecule has 0 heterocycles. The molecule has 0 saturated heterocycles. The number of benzene rings is 2. The van der Waals surface area contributed by atoms with Crippen LogP contribution in [0.5, 0.6) is 0 Å². The van der Waals surface area contributed by atoms with Crippen molar-refractivity contribution in [3.8, 4) is 0 Å². The first-order chi connectivity index (χ1) is 11.8. The lowest BCUT2D eigenvalue weighted by Crippen LogP contribution is -2.20. The van der Waals surface area contributed by atoms with Crippen molar-refractivity contribution in [3.05, 3.63) is 89.5 Å². The van der Waals surface area contributed by atoms with E-state index < -0.39 is 0 Å². The van der Waals surface area contributed by atoms with Crippen LogP contribution < -0.4 is 0 Å². The highest BCUT2D eigenvalue weighted by Gasteiger charge is 2.46. The van der Waals surface area contributed by atoms with Crippen LogP contribution in [0.1, 0.15) is 17.5 Å². The van der Waals surface area contributed by atoms with Crippen LogP contribution in [-0.4, -0.2) is 13.1 Å². The van der Waals surface area contributed by atoms with Crippen LogP contribution in [0.2, 0.25) is 0 Å². The molecule has 2 aromatic carbocycles. The average Bonchev–Trinajstić information content (AvgIpc) is 3.21. The van der Waals surface area contributed by atoms with Crippen molar-refractivity contribution in [2.24, 2.45) is 17.8 Å². The SMILES string of the molecule is COC(=O)C1CC2C=CC1C2=C(c1ccccc1)c1ccccc1. The molecule has 24 heavy (non-hydrogen) atoms. The molecule has 1 fully saturated rings. The van der Waals surface area contributed by atoms with Crippen molar-refractivity contribution in [3.63, 3.8) is 0 Å². The fourth-order valence-electron chi connectivity index (χ4n) is 4.14. The third-order valence-corrected chi connectivity index (χ3v) is 5.17. The largest absolute Gasteiger partial charge is 0.469 e. The van der Waals surface area contributed by atoms with E-state index in [2.05, 4.69) is 60.7 Å². The zero-order chi connectivity index (χ0) is 16.5. The Labute approximate surface area is 142 Å². The van der Waals surface area contributed by atoms with Gasteiger partial charge in [0.25, 0.3) is 0 Å². The minimum absolute atomic E-state index is 0.0533. The Hall–Kier alpha value is -2.61. The quantitative estimate of drug-likeness (QED) is 0.616. The molecular weight excluding hydrogens is 296 g/mol.